The summed E-state index contributed by atoms with van der Waals surface area (Å²) < 4.78 is 10.7. The van der Waals surface area contributed by atoms with Crippen LogP contribution in [0.15, 0.2) is 18.2 Å². The van der Waals surface area contributed by atoms with Crippen molar-refractivity contribution >= 4 is 0 Å². The zero-order chi connectivity index (χ0) is 14.4. The van der Waals surface area contributed by atoms with Crippen molar-refractivity contribution in [3.05, 3.63) is 23.8 Å². The summed E-state index contributed by atoms with van der Waals surface area (Å²) in [5.74, 6) is 1.60. The Hall–Kier alpha value is -1.26. The van der Waals surface area contributed by atoms with Gasteiger partial charge in [0.1, 0.15) is 0 Å². The lowest BCUT2D eigenvalue weighted by Crippen LogP contribution is -2.45. The van der Waals surface area contributed by atoms with Crippen molar-refractivity contribution in [3.8, 4) is 11.5 Å². The standard InChI is InChI=1S/C16H26N2O2/c1-4-17-14-6-5-9-18(12-14)11-13-7-8-15(19-2)16(10-13)20-3/h7-8,10,14,17H,4-6,9,11-12H2,1-3H3. The Morgan fingerprint density at radius 3 is 2.75 bits per heavy atom. The molecule has 0 amide bonds. The lowest BCUT2D eigenvalue weighted by Gasteiger charge is -2.33. The van der Waals surface area contributed by atoms with E-state index in [9.17, 15) is 0 Å². The molecule has 1 aromatic rings. The van der Waals surface area contributed by atoms with E-state index in [1.165, 1.54) is 24.9 Å². The zero-order valence-corrected chi connectivity index (χ0v) is 12.8. The second kappa shape index (κ2) is 7.50. The normalized spacial score (nSPS) is 19.9. The summed E-state index contributed by atoms with van der Waals surface area (Å²) in [6.07, 6.45) is 2.56. The van der Waals surface area contributed by atoms with E-state index in [1.807, 2.05) is 6.07 Å². The third-order valence-electron chi connectivity index (χ3n) is 3.85. The largest absolute Gasteiger partial charge is 0.493 e. The number of benzene rings is 1. The van der Waals surface area contributed by atoms with E-state index in [1.54, 1.807) is 14.2 Å². The van der Waals surface area contributed by atoms with E-state index in [4.69, 9.17) is 9.47 Å². The van der Waals surface area contributed by atoms with Crippen LogP contribution >= 0.6 is 0 Å². The number of nitrogens with one attached hydrogen (secondary N) is 1. The second-order valence-corrected chi connectivity index (χ2v) is 5.32. The summed E-state index contributed by atoms with van der Waals surface area (Å²) in [6.45, 7) is 6.50. The van der Waals surface area contributed by atoms with Gasteiger partial charge in [-0.2, -0.15) is 0 Å². The smallest absolute Gasteiger partial charge is 0.161 e. The predicted octanol–water partition coefficient (Wildman–Crippen LogP) is 2.28. The first-order chi connectivity index (χ1) is 9.76. The molecule has 0 aromatic heterocycles. The average molecular weight is 278 g/mol. The van der Waals surface area contributed by atoms with Crippen molar-refractivity contribution in [2.24, 2.45) is 0 Å². The molecule has 0 spiro atoms. The van der Waals surface area contributed by atoms with E-state index in [0.717, 1.165) is 31.1 Å². The Bertz CT molecular complexity index is 421. The van der Waals surface area contributed by atoms with E-state index < -0.39 is 0 Å². The first-order valence-corrected chi connectivity index (χ1v) is 7.43. The van der Waals surface area contributed by atoms with Gasteiger partial charge < -0.3 is 14.8 Å². The zero-order valence-electron chi connectivity index (χ0n) is 12.8. The number of piperidine rings is 1. The van der Waals surface area contributed by atoms with Crippen LogP contribution in [0.3, 0.4) is 0 Å². The summed E-state index contributed by atoms with van der Waals surface area (Å²) in [4.78, 5) is 2.51. The molecule has 1 fully saturated rings. The molecule has 1 aromatic carbocycles. The lowest BCUT2D eigenvalue weighted by molar-refractivity contribution is 0.184. The van der Waals surface area contributed by atoms with Crippen LogP contribution in [0.2, 0.25) is 0 Å². The minimum atomic E-state index is 0.633. The van der Waals surface area contributed by atoms with Gasteiger partial charge in [-0.15, -0.1) is 0 Å². The molecular weight excluding hydrogens is 252 g/mol. The van der Waals surface area contributed by atoms with Crippen molar-refractivity contribution in [2.75, 3.05) is 33.9 Å². The Balaban J connectivity index is 1.98. The van der Waals surface area contributed by atoms with Crippen LogP contribution in [0.25, 0.3) is 0 Å². The van der Waals surface area contributed by atoms with Gasteiger partial charge in [-0.3, -0.25) is 4.90 Å². The highest BCUT2D eigenvalue weighted by Gasteiger charge is 2.19. The molecule has 1 unspecified atom stereocenters. The molecule has 20 heavy (non-hydrogen) atoms. The van der Waals surface area contributed by atoms with Crippen molar-refractivity contribution in [3.63, 3.8) is 0 Å². The van der Waals surface area contributed by atoms with Gasteiger partial charge >= 0.3 is 0 Å². The molecule has 1 N–H and O–H groups in total. The molecule has 1 saturated heterocycles. The van der Waals surface area contributed by atoms with Crippen LogP contribution in [-0.2, 0) is 6.54 Å². The van der Waals surface area contributed by atoms with Gasteiger partial charge in [-0.05, 0) is 43.6 Å². The van der Waals surface area contributed by atoms with Crippen LogP contribution in [0.5, 0.6) is 11.5 Å². The van der Waals surface area contributed by atoms with E-state index in [0.29, 0.717) is 6.04 Å². The van der Waals surface area contributed by atoms with Gasteiger partial charge in [0.05, 0.1) is 14.2 Å². The Labute approximate surface area is 122 Å². The molecule has 4 nitrogen and oxygen atoms in total. The number of ether oxygens (including phenoxy) is 2. The van der Waals surface area contributed by atoms with Gasteiger partial charge in [0.2, 0.25) is 0 Å². The average Bonchev–Trinajstić information content (AvgIpc) is 2.48. The van der Waals surface area contributed by atoms with Gasteiger partial charge in [0, 0.05) is 19.1 Å². The van der Waals surface area contributed by atoms with Crippen molar-refractivity contribution in [1.82, 2.24) is 10.2 Å². The highest BCUT2D eigenvalue weighted by molar-refractivity contribution is 5.42. The van der Waals surface area contributed by atoms with Gasteiger partial charge in [0.15, 0.2) is 11.5 Å². The SMILES string of the molecule is CCNC1CCCN(Cc2ccc(OC)c(OC)c2)C1. The molecular formula is C16H26N2O2. The molecule has 1 atom stereocenters. The number of nitrogens with zero attached hydrogens (tertiary/aromatic N) is 1. The molecule has 4 heteroatoms. The molecule has 1 aliphatic heterocycles. The summed E-state index contributed by atoms with van der Waals surface area (Å²) in [5, 5.41) is 3.55. The Kier molecular flexibility index (Phi) is 5.68. The van der Waals surface area contributed by atoms with Crippen LogP contribution < -0.4 is 14.8 Å². The summed E-state index contributed by atoms with van der Waals surface area (Å²) >= 11 is 0. The second-order valence-electron chi connectivity index (χ2n) is 5.32. The minimum Gasteiger partial charge on any atom is -0.493 e. The van der Waals surface area contributed by atoms with Crippen molar-refractivity contribution in [2.45, 2.75) is 32.4 Å². The topological polar surface area (TPSA) is 33.7 Å². The van der Waals surface area contributed by atoms with Crippen LogP contribution in [-0.4, -0.2) is 44.8 Å². The number of hydrogen-bond acceptors (Lipinski definition) is 4. The number of likely N-dealkylation sites (tertiary alicyclic amines) is 1. The fourth-order valence-corrected chi connectivity index (χ4v) is 2.89. The molecule has 0 saturated carbocycles. The molecule has 0 bridgehead atoms. The highest BCUT2D eigenvalue weighted by Crippen LogP contribution is 2.28. The van der Waals surface area contributed by atoms with Gasteiger partial charge in [0.25, 0.3) is 0 Å². The summed E-state index contributed by atoms with van der Waals surface area (Å²) in [6, 6.07) is 6.82. The third kappa shape index (κ3) is 3.87. The van der Waals surface area contributed by atoms with Gasteiger partial charge in [-0.25, -0.2) is 0 Å². The van der Waals surface area contributed by atoms with Crippen molar-refractivity contribution in [1.29, 1.82) is 0 Å². The summed E-state index contributed by atoms with van der Waals surface area (Å²) in [7, 11) is 3.35. The fourth-order valence-electron chi connectivity index (χ4n) is 2.89. The van der Waals surface area contributed by atoms with Crippen molar-refractivity contribution < 1.29 is 9.47 Å². The quantitative estimate of drug-likeness (QED) is 0.865. The fraction of sp³-hybridized carbons (Fsp3) is 0.625. The van der Waals surface area contributed by atoms with E-state index in [2.05, 4.69) is 29.3 Å². The number of likely N-dealkylation sites (N-methyl/N-ethyl adjacent to an activating group) is 1. The number of rotatable bonds is 6. The molecule has 112 valence electrons. The summed E-state index contributed by atoms with van der Waals surface area (Å²) in [5.41, 5.74) is 1.28. The van der Waals surface area contributed by atoms with Crippen LogP contribution in [0.1, 0.15) is 25.3 Å². The monoisotopic (exact) mass is 278 g/mol. The Morgan fingerprint density at radius 1 is 1.25 bits per heavy atom. The van der Waals surface area contributed by atoms with E-state index >= 15 is 0 Å². The molecule has 0 aliphatic carbocycles. The molecule has 1 heterocycles. The molecule has 0 radical (unpaired) electrons. The maximum absolute atomic E-state index is 5.37. The maximum Gasteiger partial charge on any atom is 0.161 e. The first kappa shape index (κ1) is 15.1. The number of methoxy groups -OCH3 is 2. The van der Waals surface area contributed by atoms with Gasteiger partial charge in [-0.1, -0.05) is 13.0 Å². The maximum atomic E-state index is 5.37. The van der Waals surface area contributed by atoms with E-state index in [-0.39, 0.29) is 0 Å². The molecule has 1 aliphatic rings. The minimum absolute atomic E-state index is 0.633. The molecule has 2 rings (SSSR count). The number of hydrogen-bond donors (Lipinski definition) is 1. The highest BCUT2D eigenvalue weighted by atomic mass is 16.5. The third-order valence-corrected chi connectivity index (χ3v) is 3.85. The Morgan fingerprint density at radius 2 is 2.05 bits per heavy atom. The van der Waals surface area contributed by atoms with Crippen LogP contribution in [0.4, 0.5) is 0 Å². The lowest BCUT2D eigenvalue weighted by atomic mass is 10.0. The van der Waals surface area contributed by atoms with Crippen LogP contribution in [0, 0.1) is 0 Å². The predicted molar refractivity (Wildman–Crippen MR) is 81.5 cm³/mol. The first-order valence-electron chi connectivity index (χ1n) is 7.43.